The summed E-state index contributed by atoms with van der Waals surface area (Å²) < 4.78 is 0. The molecule has 1 heterocycles. The summed E-state index contributed by atoms with van der Waals surface area (Å²) in [6.07, 6.45) is 5.33. The highest BCUT2D eigenvalue weighted by Crippen LogP contribution is 2.32. The first kappa shape index (κ1) is 9.01. The van der Waals surface area contributed by atoms with Crippen molar-refractivity contribution in [1.29, 1.82) is 0 Å². The Morgan fingerprint density at radius 2 is 2.08 bits per heavy atom. The first-order valence-corrected chi connectivity index (χ1v) is 5.45. The quantitative estimate of drug-likeness (QED) is 0.659. The van der Waals surface area contributed by atoms with Crippen LogP contribution in [-0.4, -0.2) is 4.98 Å². The molecule has 1 aromatic rings. The van der Waals surface area contributed by atoms with Gasteiger partial charge in [-0.05, 0) is 25.0 Å². The minimum Gasteiger partial charge on any atom is -0.256 e. The number of alkyl halides is 1. The molecule has 1 aliphatic rings. The lowest BCUT2D eigenvalue weighted by Crippen LogP contribution is -1.98. The van der Waals surface area contributed by atoms with Gasteiger partial charge in [0.2, 0.25) is 0 Å². The van der Waals surface area contributed by atoms with Crippen LogP contribution >= 0.6 is 11.6 Å². The van der Waals surface area contributed by atoms with Crippen molar-refractivity contribution in [2.75, 3.05) is 0 Å². The summed E-state index contributed by atoms with van der Waals surface area (Å²) in [5, 5.41) is 0. The number of hydrogen-bond acceptors (Lipinski definition) is 1. The Morgan fingerprint density at radius 3 is 2.77 bits per heavy atom. The molecule has 1 saturated carbocycles. The third-order valence-corrected chi connectivity index (χ3v) is 3.01. The van der Waals surface area contributed by atoms with E-state index in [1.807, 2.05) is 6.07 Å². The van der Waals surface area contributed by atoms with Gasteiger partial charge in [0.15, 0.2) is 0 Å². The number of nitrogens with zero attached hydrogens (tertiary/aromatic N) is 1. The summed E-state index contributed by atoms with van der Waals surface area (Å²) in [6, 6.07) is 6.19. The second-order valence-electron chi connectivity index (χ2n) is 3.67. The normalized spacial score (nSPS) is 17.9. The molecule has 2 heteroatoms. The molecular weight excluding hydrogens is 182 g/mol. The predicted molar refractivity (Wildman–Crippen MR) is 55.0 cm³/mol. The number of rotatable bonds is 2. The van der Waals surface area contributed by atoms with Gasteiger partial charge in [-0.2, -0.15) is 0 Å². The number of halogens is 1. The zero-order valence-electron chi connectivity index (χ0n) is 7.67. The molecular formula is C11H14ClN. The molecule has 70 valence electrons. The standard InChI is InChI=1S/C11H14ClN/c12-8-10-6-3-7-11(13-10)9-4-1-2-5-9/h3,6-7,9H,1-2,4-5,8H2. The van der Waals surface area contributed by atoms with E-state index in [0.717, 1.165) is 5.69 Å². The molecule has 1 aromatic heterocycles. The van der Waals surface area contributed by atoms with Gasteiger partial charge in [-0.3, -0.25) is 4.98 Å². The molecule has 0 bridgehead atoms. The number of aromatic nitrogens is 1. The SMILES string of the molecule is ClCc1cccc(C2CCCC2)n1. The van der Waals surface area contributed by atoms with Crippen LogP contribution in [0.25, 0.3) is 0 Å². The van der Waals surface area contributed by atoms with Crippen molar-refractivity contribution in [2.24, 2.45) is 0 Å². The van der Waals surface area contributed by atoms with Crippen LogP contribution < -0.4 is 0 Å². The Morgan fingerprint density at radius 1 is 1.31 bits per heavy atom. The molecule has 0 spiro atoms. The molecule has 0 unspecified atom stereocenters. The van der Waals surface area contributed by atoms with Gasteiger partial charge in [-0.1, -0.05) is 18.9 Å². The Hall–Kier alpha value is -0.560. The van der Waals surface area contributed by atoms with Crippen LogP contribution in [0, 0.1) is 0 Å². The van der Waals surface area contributed by atoms with Crippen molar-refractivity contribution >= 4 is 11.6 Å². The van der Waals surface area contributed by atoms with Crippen molar-refractivity contribution in [3.05, 3.63) is 29.6 Å². The fourth-order valence-corrected chi connectivity index (χ4v) is 2.17. The summed E-state index contributed by atoms with van der Waals surface area (Å²) in [4.78, 5) is 4.54. The maximum atomic E-state index is 5.74. The van der Waals surface area contributed by atoms with Gasteiger partial charge in [0.25, 0.3) is 0 Å². The second kappa shape index (κ2) is 4.10. The summed E-state index contributed by atoms with van der Waals surface area (Å²) >= 11 is 5.74. The van der Waals surface area contributed by atoms with E-state index in [2.05, 4.69) is 17.1 Å². The van der Waals surface area contributed by atoms with Gasteiger partial charge in [-0.25, -0.2) is 0 Å². The van der Waals surface area contributed by atoms with Gasteiger partial charge in [-0.15, -0.1) is 11.6 Å². The van der Waals surface area contributed by atoms with Crippen LogP contribution in [0.4, 0.5) is 0 Å². The minimum atomic E-state index is 0.528. The van der Waals surface area contributed by atoms with Crippen LogP contribution in [0.5, 0.6) is 0 Å². The van der Waals surface area contributed by atoms with Crippen molar-refractivity contribution < 1.29 is 0 Å². The lowest BCUT2D eigenvalue weighted by molar-refractivity contribution is 0.694. The highest BCUT2D eigenvalue weighted by Gasteiger charge is 2.17. The van der Waals surface area contributed by atoms with Crippen LogP contribution in [0.1, 0.15) is 43.0 Å². The summed E-state index contributed by atoms with van der Waals surface area (Å²) in [6.45, 7) is 0. The Bertz CT molecular complexity index is 279. The van der Waals surface area contributed by atoms with Gasteiger partial charge < -0.3 is 0 Å². The monoisotopic (exact) mass is 195 g/mol. The molecule has 0 radical (unpaired) electrons. The maximum Gasteiger partial charge on any atom is 0.0647 e. The van der Waals surface area contributed by atoms with Gasteiger partial charge in [0.05, 0.1) is 11.6 Å². The second-order valence-corrected chi connectivity index (χ2v) is 3.94. The van der Waals surface area contributed by atoms with E-state index >= 15 is 0 Å². The van der Waals surface area contributed by atoms with E-state index in [1.54, 1.807) is 0 Å². The molecule has 0 amide bonds. The minimum absolute atomic E-state index is 0.528. The summed E-state index contributed by atoms with van der Waals surface area (Å²) in [7, 11) is 0. The van der Waals surface area contributed by atoms with E-state index in [-0.39, 0.29) is 0 Å². The highest BCUT2D eigenvalue weighted by molar-refractivity contribution is 6.16. The largest absolute Gasteiger partial charge is 0.256 e. The molecule has 0 saturated heterocycles. The first-order chi connectivity index (χ1) is 6.40. The molecule has 1 fully saturated rings. The molecule has 0 atom stereocenters. The Labute approximate surface area is 84.1 Å². The molecule has 0 aliphatic heterocycles. The zero-order chi connectivity index (χ0) is 9.10. The predicted octanol–water partition coefficient (Wildman–Crippen LogP) is 3.48. The topological polar surface area (TPSA) is 12.9 Å². The highest BCUT2D eigenvalue weighted by atomic mass is 35.5. The lowest BCUT2D eigenvalue weighted by atomic mass is 10.0. The average Bonchev–Trinajstić information content (AvgIpc) is 2.71. The Balaban J connectivity index is 2.18. The lowest BCUT2D eigenvalue weighted by Gasteiger charge is -2.08. The van der Waals surface area contributed by atoms with Gasteiger partial charge >= 0.3 is 0 Å². The van der Waals surface area contributed by atoms with E-state index in [1.165, 1.54) is 31.4 Å². The molecule has 1 aliphatic carbocycles. The molecule has 0 aromatic carbocycles. The third-order valence-electron chi connectivity index (χ3n) is 2.74. The zero-order valence-corrected chi connectivity index (χ0v) is 8.43. The fourth-order valence-electron chi connectivity index (χ4n) is 2.02. The first-order valence-electron chi connectivity index (χ1n) is 4.92. The van der Waals surface area contributed by atoms with Crippen LogP contribution in [0.15, 0.2) is 18.2 Å². The van der Waals surface area contributed by atoms with E-state index in [9.17, 15) is 0 Å². The van der Waals surface area contributed by atoms with Gasteiger partial charge in [0, 0.05) is 11.6 Å². The van der Waals surface area contributed by atoms with Crippen LogP contribution in [0.2, 0.25) is 0 Å². The average molecular weight is 196 g/mol. The van der Waals surface area contributed by atoms with Crippen molar-refractivity contribution in [1.82, 2.24) is 4.98 Å². The molecule has 2 rings (SSSR count). The van der Waals surface area contributed by atoms with Crippen molar-refractivity contribution in [3.8, 4) is 0 Å². The third kappa shape index (κ3) is 2.02. The smallest absolute Gasteiger partial charge is 0.0647 e. The maximum absolute atomic E-state index is 5.74. The molecule has 0 N–H and O–H groups in total. The summed E-state index contributed by atoms with van der Waals surface area (Å²) in [5.41, 5.74) is 2.25. The van der Waals surface area contributed by atoms with E-state index in [4.69, 9.17) is 11.6 Å². The summed E-state index contributed by atoms with van der Waals surface area (Å²) in [5.74, 6) is 1.23. The van der Waals surface area contributed by atoms with Crippen LogP contribution in [-0.2, 0) is 5.88 Å². The van der Waals surface area contributed by atoms with Crippen molar-refractivity contribution in [2.45, 2.75) is 37.5 Å². The van der Waals surface area contributed by atoms with Gasteiger partial charge in [0.1, 0.15) is 0 Å². The van der Waals surface area contributed by atoms with Crippen molar-refractivity contribution in [3.63, 3.8) is 0 Å². The number of pyridine rings is 1. The Kier molecular flexibility index (Phi) is 2.84. The molecule has 13 heavy (non-hydrogen) atoms. The molecule has 1 nitrogen and oxygen atoms in total. The number of hydrogen-bond donors (Lipinski definition) is 0. The van der Waals surface area contributed by atoms with Crippen LogP contribution in [0.3, 0.4) is 0 Å². The fraction of sp³-hybridized carbons (Fsp3) is 0.545. The van der Waals surface area contributed by atoms with E-state index < -0.39 is 0 Å². The van der Waals surface area contributed by atoms with E-state index in [0.29, 0.717) is 11.8 Å².